The highest BCUT2D eigenvalue weighted by Gasteiger charge is 2.22. The lowest BCUT2D eigenvalue weighted by atomic mass is 10.0. The largest absolute Gasteiger partial charge is 0.338 e. The van der Waals surface area contributed by atoms with Gasteiger partial charge in [-0.05, 0) is 44.4 Å². The monoisotopic (exact) mass is 381 g/mol. The Morgan fingerprint density at radius 1 is 1.04 bits per heavy atom. The molecule has 4 heteroatoms. The van der Waals surface area contributed by atoms with Crippen LogP contribution in [0.4, 0.5) is 5.95 Å². The predicted molar refractivity (Wildman–Crippen MR) is 103 cm³/mol. The Bertz CT molecular complexity index is 863. The molecule has 0 aliphatic carbocycles. The highest BCUT2D eigenvalue weighted by Crippen LogP contribution is 2.31. The Labute approximate surface area is 150 Å². The number of piperidine rings is 1. The van der Waals surface area contributed by atoms with Crippen molar-refractivity contribution in [3.8, 4) is 11.3 Å². The quantitative estimate of drug-likeness (QED) is 0.591. The van der Waals surface area contributed by atoms with E-state index in [2.05, 4.69) is 64.2 Å². The van der Waals surface area contributed by atoms with Crippen molar-refractivity contribution in [2.45, 2.75) is 32.2 Å². The van der Waals surface area contributed by atoms with Gasteiger partial charge in [0.2, 0.25) is 5.95 Å². The van der Waals surface area contributed by atoms with Crippen LogP contribution in [0.5, 0.6) is 0 Å². The van der Waals surface area contributed by atoms with E-state index in [4.69, 9.17) is 9.97 Å². The summed E-state index contributed by atoms with van der Waals surface area (Å²) < 4.78 is 1.05. The summed E-state index contributed by atoms with van der Waals surface area (Å²) in [6.07, 6.45) is 3.72. The number of aromatic nitrogens is 2. The molecule has 0 spiro atoms. The molecule has 0 amide bonds. The third-order valence-electron chi connectivity index (χ3n) is 4.75. The Morgan fingerprint density at radius 3 is 2.67 bits per heavy atom. The highest BCUT2D eigenvalue weighted by atomic mass is 79.9. The fraction of sp³-hybridized carbons (Fsp3) is 0.300. The van der Waals surface area contributed by atoms with Gasteiger partial charge in [0.05, 0.1) is 11.2 Å². The Kier molecular flexibility index (Phi) is 4.23. The molecule has 4 rings (SSSR count). The molecule has 0 radical (unpaired) electrons. The molecule has 3 nitrogen and oxygen atoms in total. The number of fused-ring (bicyclic) bond motifs is 1. The number of halogens is 1. The summed E-state index contributed by atoms with van der Waals surface area (Å²) in [6, 6.07) is 17.1. The fourth-order valence-corrected chi connectivity index (χ4v) is 3.79. The number of rotatable bonds is 2. The van der Waals surface area contributed by atoms with Gasteiger partial charge in [0.15, 0.2) is 0 Å². The summed E-state index contributed by atoms with van der Waals surface area (Å²) in [5.41, 5.74) is 3.14. The molecule has 1 aromatic heterocycles. The lowest BCUT2D eigenvalue weighted by Gasteiger charge is -2.33. The van der Waals surface area contributed by atoms with E-state index in [1.165, 1.54) is 19.3 Å². The number of hydrogen-bond donors (Lipinski definition) is 0. The van der Waals surface area contributed by atoms with Crippen molar-refractivity contribution in [3.63, 3.8) is 0 Å². The van der Waals surface area contributed by atoms with E-state index in [0.29, 0.717) is 6.04 Å². The normalized spacial score (nSPS) is 18.1. The Morgan fingerprint density at radius 2 is 1.88 bits per heavy atom. The standard InChI is InChI=1S/C20H20BrN3/c1-14-7-5-6-12-24(14)20-22-18-11-10-16(21)13-17(18)19(23-20)15-8-3-2-4-9-15/h2-4,8-11,13-14H,5-7,12H2,1H3. The van der Waals surface area contributed by atoms with Crippen LogP contribution < -0.4 is 4.90 Å². The lowest BCUT2D eigenvalue weighted by molar-refractivity contribution is 0.478. The predicted octanol–water partition coefficient (Wildman–Crippen LogP) is 5.44. The molecular formula is C20H20BrN3. The highest BCUT2D eigenvalue weighted by molar-refractivity contribution is 9.10. The molecule has 3 aromatic rings. The molecule has 0 bridgehead atoms. The van der Waals surface area contributed by atoms with Gasteiger partial charge in [0.25, 0.3) is 0 Å². The van der Waals surface area contributed by atoms with Crippen molar-refractivity contribution in [3.05, 3.63) is 53.0 Å². The zero-order valence-corrected chi connectivity index (χ0v) is 15.3. The molecule has 1 fully saturated rings. The van der Waals surface area contributed by atoms with Gasteiger partial charge in [-0.2, -0.15) is 0 Å². The third kappa shape index (κ3) is 2.91. The second-order valence-electron chi connectivity index (χ2n) is 6.44. The maximum atomic E-state index is 4.98. The van der Waals surface area contributed by atoms with Gasteiger partial charge in [-0.1, -0.05) is 46.3 Å². The van der Waals surface area contributed by atoms with Crippen LogP contribution in [0.25, 0.3) is 22.2 Å². The molecule has 122 valence electrons. The minimum atomic E-state index is 0.496. The molecule has 1 aliphatic rings. The van der Waals surface area contributed by atoms with Gasteiger partial charge < -0.3 is 4.90 Å². The average molecular weight is 382 g/mol. The number of anilines is 1. The van der Waals surface area contributed by atoms with E-state index in [9.17, 15) is 0 Å². The van der Waals surface area contributed by atoms with E-state index in [0.717, 1.165) is 39.1 Å². The number of hydrogen-bond acceptors (Lipinski definition) is 3. The van der Waals surface area contributed by atoms with Gasteiger partial charge >= 0.3 is 0 Å². The van der Waals surface area contributed by atoms with Crippen LogP contribution in [0.1, 0.15) is 26.2 Å². The van der Waals surface area contributed by atoms with E-state index in [-0.39, 0.29) is 0 Å². The smallest absolute Gasteiger partial charge is 0.226 e. The SMILES string of the molecule is CC1CCCCN1c1nc(-c2ccccc2)c2cc(Br)ccc2n1. The number of nitrogens with zero attached hydrogens (tertiary/aromatic N) is 3. The van der Waals surface area contributed by atoms with Gasteiger partial charge in [0, 0.05) is 28.0 Å². The van der Waals surface area contributed by atoms with Crippen LogP contribution in [0.2, 0.25) is 0 Å². The summed E-state index contributed by atoms with van der Waals surface area (Å²) in [5, 5.41) is 1.09. The average Bonchev–Trinajstić information content (AvgIpc) is 2.62. The van der Waals surface area contributed by atoms with Crippen molar-refractivity contribution in [2.24, 2.45) is 0 Å². The molecular weight excluding hydrogens is 362 g/mol. The van der Waals surface area contributed by atoms with E-state index < -0.39 is 0 Å². The van der Waals surface area contributed by atoms with Crippen LogP contribution >= 0.6 is 15.9 Å². The van der Waals surface area contributed by atoms with Crippen LogP contribution in [-0.2, 0) is 0 Å². The zero-order valence-electron chi connectivity index (χ0n) is 13.7. The first-order valence-electron chi connectivity index (χ1n) is 8.52. The lowest BCUT2D eigenvalue weighted by Crippen LogP contribution is -2.38. The van der Waals surface area contributed by atoms with E-state index in [1.54, 1.807) is 0 Å². The molecule has 0 saturated carbocycles. The van der Waals surface area contributed by atoms with Gasteiger partial charge in [-0.25, -0.2) is 9.97 Å². The molecule has 24 heavy (non-hydrogen) atoms. The molecule has 1 aliphatic heterocycles. The van der Waals surface area contributed by atoms with Gasteiger partial charge in [0.1, 0.15) is 0 Å². The van der Waals surface area contributed by atoms with E-state index >= 15 is 0 Å². The molecule has 1 atom stereocenters. The van der Waals surface area contributed by atoms with Crippen LogP contribution in [0, 0.1) is 0 Å². The van der Waals surface area contributed by atoms with Crippen LogP contribution in [0.3, 0.4) is 0 Å². The molecule has 2 aromatic carbocycles. The molecule has 2 heterocycles. The summed E-state index contributed by atoms with van der Waals surface area (Å²) >= 11 is 3.58. The van der Waals surface area contributed by atoms with E-state index in [1.807, 2.05) is 12.1 Å². The first kappa shape index (κ1) is 15.6. The summed E-state index contributed by atoms with van der Waals surface area (Å²) in [6.45, 7) is 3.31. The minimum absolute atomic E-state index is 0.496. The minimum Gasteiger partial charge on any atom is -0.338 e. The summed E-state index contributed by atoms with van der Waals surface area (Å²) in [4.78, 5) is 12.2. The summed E-state index contributed by atoms with van der Waals surface area (Å²) in [7, 11) is 0. The summed E-state index contributed by atoms with van der Waals surface area (Å²) in [5.74, 6) is 0.857. The topological polar surface area (TPSA) is 29.0 Å². The Balaban J connectivity index is 1.92. The maximum absolute atomic E-state index is 4.98. The molecule has 1 unspecified atom stereocenters. The van der Waals surface area contributed by atoms with Gasteiger partial charge in [-0.15, -0.1) is 0 Å². The first-order valence-corrected chi connectivity index (χ1v) is 9.31. The van der Waals surface area contributed by atoms with Crippen LogP contribution in [0.15, 0.2) is 53.0 Å². The maximum Gasteiger partial charge on any atom is 0.226 e. The van der Waals surface area contributed by atoms with Crippen molar-refractivity contribution in [2.75, 3.05) is 11.4 Å². The third-order valence-corrected chi connectivity index (χ3v) is 5.25. The van der Waals surface area contributed by atoms with Crippen LogP contribution in [-0.4, -0.2) is 22.6 Å². The second-order valence-corrected chi connectivity index (χ2v) is 7.35. The molecule has 0 N–H and O–H groups in total. The Hall–Kier alpha value is -1.94. The van der Waals surface area contributed by atoms with Crippen molar-refractivity contribution >= 4 is 32.8 Å². The number of benzene rings is 2. The van der Waals surface area contributed by atoms with Crippen molar-refractivity contribution < 1.29 is 0 Å². The molecule has 1 saturated heterocycles. The zero-order chi connectivity index (χ0) is 16.5. The fourth-order valence-electron chi connectivity index (χ4n) is 3.43. The first-order chi connectivity index (χ1) is 11.7. The second kappa shape index (κ2) is 6.52. The van der Waals surface area contributed by atoms with Crippen molar-refractivity contribution in [1.29, 1.82) is 0 Å². The van der Waals surface area contributed by atoms with Gasteiger partial charge in [-0.3, -0.25) is 0 Å². The van der Waals surface area contributed by atoms with Crippen molar-refractivity contribution in [1.82, 2.24) is 9.97 Å².